The lowest BCUT2D eigenvalue weighted by atomic mass is 10.0. The number of anilines is 1. The molecule has 0 radical (unpaired) electrons. The maximum absolute atomic E-state index is 6.57. The molecule has 0 atom stereocenters. The summed E-state index contributed by atoms with van der Waals surface area (Å²) >= 11 is 1.34. The third kappa shape index (κ3) is 4.65. The second-order valence-electron chi connectivity index (χ2n) is 8.76. The van der Waals surface area contributed by atoms with Crippen LogP contribution in [0.15, 0.2) is 48.5 Å². The first kappa shape index (κ1) is 21.4. The van der Waals surface area contributed by atoms with Crippen molar-refractivity contribution in [3.05, 3.63) is 59.7 Å². The fourth-order valence-corrected chi connectivity index (χ4v) is 4.55. The summed E-state index contributed by atoms with van der Waals surface area (Å²) in [6.07, 6.45) is 0.753. The first-order valence-corrected chi connectivity index (χ1v) is 13.5. The fraction of sp³-hybridized carbons (Fsp3) is 0.348. The number of hydrogen-bond donors (Lipinski definition) is 1. The molecule has 0 spiro atoms. The van der Waals surface area contributed by atoms with Gasteiger partial charge in [0.25, 0.3) is 8.32 Å². The molecule has 0 fully saturated rings. The van der Waals surface area contributed by atoms with E-state index in [4.69, 9.17) is 14.9 Å². The normalized spacial score (nSPS) is 12.1. The Hall–Kier alpha value is -2.31. The Bertz CT molecular complexity index is 978. The van der Waals surface area contributed by atoms with Crippen molar-refractivity contribution in [2.24, 2.45) is 0 Å². The van der Waals surface area contributed by atoms with Crippen LogP contribution in [0.3, 0.4) is 0 Å². The van der Waals surface area contributed by atoms with Crippen molar-refractivity contribution in [2.45, 2.75) is 45.3 Å². The molecular formula is C23H30N2O2SSi. The van der Waals surface area contributed by atoms with Gasteiger partial charge in [-0.2, -0.15) is 4.37 Å². The van der Waals surface area contributed by atoms with Crippen LogP contribution in [0.4, 0.5) is 5.00 Å². The summed E-state index contributed by atoms with van der Waals surface area (Å²) in [5, 5.41) is 0.851. The van der Waals surface area contributed by atoms with Crippen LogP contribution in [0.1, 0.15) is 31.9 Å². The van der Waals surface area contributed by atoms with Gasteiger partial charge >= 0.3 is 0 Å². The van der Waals surface area contributed by atoms with Crippen molar-refractivity contribution in [3.63, 3.8) is 0 Å². The molecule has 6 heteroatoms. The zero-order valence-electron chi connectivity index (χ0n) is 18.1. The van der Waals surface area contributed by atoms with Gasteiger partial charge in [0.1, 0.15) is 10.8 Å². The number of nitrogens with zero attached hydrogens (tertiary/aromatic N) is 1. The molecule has 0 saturated carbocycles. The maximum Gasteiger partial charge on any atom is 0.250 e. The first-order valence-electron chi connectivity index (χ1n) is 9.78. The average molecular weight is 427 g/mol. The Morgan fingerprint density at radius 3 is 2.34 bits per heavy atom. The lowest BCUT2D eigenvalue weighted by Gasteiger charge is -2.36. The van der Waals surface area contributed by atoms with E-state index in [9.17, 15) is 0 Å². The van der Waals surface area contributed by atoms with Crippen LogP contribution in [-0.2, 0) is 6.42 Å². The van der Waals surface area contributed by atoms with E-state index in [-0.39, 0.29) is 5.04 Å². The SMILES string of the molecule is COc1ccc(-c2nsc(N)c2Cc2ccccc2)cc1O[Si](C)(C)C(C)(C)C. The lowest BCUT2D eigenvalue weighted by Crippen LogP contribution is -2.43. The molecule has 4 nitrogen and oxygen atoms in total. The number of hydrogen-bond acceptors (Lipinski definition) is 5. The highest BCUT2D eigenvalue weighted by atomic mass is 32.1. The molecular weight excluding hydrogens is 396 g/mol. The van der Waals surface area contributed by atoms with Gasteiger partial charge < -0.3 is 14.9 Å². The molecule has 29 heavy (non-hydrogen) atoms. The van der Waals surface area contributed by atoms with Crippen LogP contribution in [0.2, 0.25) is 18.1 Å². The molecule has 0 saturated heterocycles. The highest BCUT2D eigenvalue weighted by Gasteiger charge is 2.39. The summed E-state index contributed by atoms with van der Waals surface area (Å²) in [4.78, 5) is 0. The van der Waals surface area contributed by atoms with Crippen molar-refractivity contribution in [1.29, 1.82) is 0 Å². The molecule has 3 aromatic rings. The third-order valence-electron chi connectivity index (χ3n) is 5.65. The van der Waals surface area contributed by atoms with E-state index < -0.39 is 8.32 Å². The molecule has 1 aromatic heterocycles. The van der Waals surface area contributed by atoms with E-state index in [1.165, 1.54) is 17.1 Å². The lowest BCUT2D eigenvalue weighted by molar-refractivity contribution is 0.386. The molecule has 154 valence electrons. The minimum Gasteiger partial charge on any atom is -0.541 e. The molecule has 0 aliphatic carbocycles. The average Bonchev–Trinajstić information content (AvgIpc) is 3.02. The summed E-state index contributed by atoms with van der Waals surface area (Å²) in [6, 6.07) is 16.4. The van der Waals surface area contributed by atoms with Gasteiger partial charge in [-0.25, -0.2) is 0 Å². The van der Waals surface area contributed by atoms with Crippen molar-refractivity contribution in [2.75, 3.05) is 12.8 Å². The van der Waals surface area contributed by atoms with E-state index in [0.29, 0.717) is 0 Å². The summed E-state index contributed by atoms with van der Waals surface area (Å²) in [6.45, 7) is 11.2. The molecule has 3 rings (SSSR count). The first-order chi connectivity index (χ1) is 13.6. The zero-order valence-corrected chi connectivity index (χ0v) is 19.9. The monoisotopic (exact) mass is 426 g/mol. The highest BCUT2D eigenvalue weighted by Crippen LogP contribution is 2.42. The summed E-state index contributed by atoms with van der Waals surface area (Å²) < 4.78 is 16.8. The van der Waals surface area contributed by atoms with Gasteiger partial charge in [0, 0.05) is 17.5 Å². The molecule has 0 unspecified atom stereocenters. The third-order valence-corrected chi connectivity index (χ3v) is 10.7. The van der Waals surface area contributed by atoms with E-state index in [0.717, 1.165) is 39.7 Å². The van der Waals surface area contributed by atoms with Gasteiger partial charge in [-0.05, 0) is 53.4 Å². The quantitative estimate of drug-likeness (QED) is 0.465. The van der Waals surface area contributed by atoms with Crippen molar-refractivity contribution >= 4 is 24.9 Å². The van der Waals surface area contributed by atoms with Gasteiger partial charge in [-0.1, -0.05) is 51.1 Å². The van der Waals surface area contributed by atoms with E-state index >= 15 is 0 Å². The zero-order chi connectivity index (χ0) is 21.2. The maximum atomic E-state index is 6.57. The Balaban J connectivity index is 2.01. The predicted molar refractivity (Wildman–Crippen MR) is 126 cm³/mol. The van der Waals surface area contributed by atoms with Gasteiger partial charge in [-0.3, -0.25) is 0 Å². The van der Waals surface area contributed by atoms with Gasteiger partial charge in [0.2, 0.25) is 0 Å². The Kier molecular flexibility index (Phi) is 6.05. The van der Waals surface area contributed by atoms with E-state index in [2.05, 4.69) is 50.4 Å². The van der Waals surface area contributed by atoms with E-state index in [1.54, 1.807) is 7.11 Å². The fourth-order valence-electron chi connectivity index (χ4n) is 2.85. The van der Waals surface area contributed by atoms with Gasteiger partial charge in [-0.15, -0.1) is 0 Å². The van der Waals surface area contributed by atoms with Crippen LogP contribution in [0, 0.1) is 0 Å². The van der Waals surface area contributed by atoms with Crippen LogP contribution in [0.25, 0.3) is 11.3 Å². The second-order valence-corrected chi connectivity index (χ2v) is 14.3. The Morgan fingerprint density at radius 2 is 1.72 bits per heavy atom. The number of nitrogens with two attached hydrogens (primary N) is 1. The Morgan fingerprint density at radius 1 is 1.03 bits per heavy atom. The van der Waals surface area contributed by atoms with E-state index in [1.807, 2.05) is 36.4 Å². The largest absolute Gasteiger partial charge is 0.541 e. The number of ether oxygens (including phenoxy) is 1. The smallest absolute Gasteiger partial charge is 0.250 e. The van der Waals surface area contributed by atoms with Crippen molar-refractivity contribution < 1.29 is 9.16 Å². The highest BCUT2D eigenvalue weighted by molar-refractivity contribution is 7.10. The second kappa shape index (κ2) is 8.20. The number of nitrogen functional groups attached to an aromatic ring is 1. The number of benzene rings is 2. The van der Waals surface area contributed by atoms with Crippen LogP contribution in [-0.4, -0.2) is 19.8 Å². The minimum absolute atomic E-state index is 0.0948. The van der Waals surface area contributed by atoms with Crippen molar-refractivity contribution in [3.8, 4) is 22.8 Å². The van der Waals surface area contributed by atoms with Gasteiger partial charge in [0.05, 0.1) is 12.8 Å². The van der Waals surface area contributed by atoms with Gasteiger partial charge in [0.15, 0.2) is 5.75 Å². The predicted octanol–water partition coefficient (Wildman–Crippen LogP) is 6.38. The minimum atomic E-state index is -2.01. The van der Waals surface area contributed by atoms with Crippen LogP contribution in [0.5, 0.6) is 11.5 Å². The molecule has 0 amide bonds. The summed E-state index contributed by atoms with van der Waals surface area (Å²) in [7, 11) is -0.333. The summed E-state index contributed by atoms with van der Waals surface area (Å²) in [5.74, 6) is 1.51. The molecule has 2 N–H and O–H groups in total. The number of methoxy groups -OCH3 is 1. The van der Waals surface area contributed by atoms with Crippen molar-refractivity contribution in [1.82, 2.24) is 4.37 Å². The number of rotatable bonds is 6. The molecule has 0 aliphatic heterocycles. The Labute approximate surface area is 179 Å². The molecule has 0 bridgehead atoms. The standard InChI is InChI=1S/C23H30N2O2SSi/c1-23(2,3)29(5,6)27-20-15-17(12-13-19(20)26-4)21-18(22(24)28-25-21)14-16-10-8-7-9-11-16/h7-13,15H,14,24H2,1-6H3. The topological polar surface area (TPSA) is 57.4 Å². The molecule has 2 aromatic carbocycles. The molecule has 0 aliphatic rings. The van der Waals surface area contributed by atoms with Crippen LogP contribution < -0.4 is 14.9 Å². The summed E-state index contributed by atoms with van der Waals surface area (Å²) in [5.41, 5.74) is 10.5. The number of aromatic nitrogens is 1. The molecule has 1 heterocycles. The van der Waals surface area contributed by atoms with Crippen LogP contribution >= 0.6 is 11.5 Å².